The zero-order chi connectivity index (χ0) is 12.1. The Balaban J connectivity index is 2.00. The van der Waals surface area contributed by atoms with Crippen LogP contribution in [0.15, 0.2) is 30.5 Å². The van der Waals surface area contributed by atoms with E-state index >= 15 is 0 Å². The van der Waals surface area contributed by atoms with E-state index in [1.165, 1.54) is 6.20 Å². The van der Waals surface area contributed by atoms with Crippen molar-refractivity contribution in [1.29, 1.82) is 0 Å². The summed E-state index contributed by atoms with van der Waals surface area (Å²) in [6.45, 7) is 0.403. The topological polar surface area (TPSA) is 64.1 Å². The van der Waals surface area contributed by atoms with E-state index in [-0.39, 0.29) is 5.91 Å². The highest BCUT2D eigenvalue weighted by Crippen LogP contribution is 2.16. The Labute approximate surface area is 103 Å². The highest BCUT2D eigenvalue weighted by atomic mass is 32.1. The number of hydrogen-bond acceptors (Lipinski definition) is 5. The molecule has 2 rings (SSSR count). The van der Waals surface area contributed by atoms with Gasteiger partial charge in [0.1, 0.15) is 5.75 Å². The number of carbonyl (C=O) groups is 1. The summed E-state index contributed by atoms with van der Waals surface area (Å²) in [5.41, 5.74) is 1.26. The van der Waals surface area contributed by atoms with Gasteiger partial charge in [0, 0.05) is 12.1 Å². The monoisotopic (exact) mass is 249 g/mol. The third-order valence-corrected chi connectivity index (χ3v) is 2.70. The summed E-state index contributed by atoms with van der Waals surface area (Å²) in [7, 11) is 1.60. The molecule has 1 heterocycles. The largest absolute Gasteiger partial charge is 0.496 e. The van der Waals surface area contributed by atoms with E-state index in [0.717, 1.165) is 23.0 Å². The lowest BCUT2D eigenvalue weighted by Crippen LogP contribution is -2.23. The van der Waals surface area contributed by atoms with E-state index in [0.29, 0.717) is 12.2 Å². The number of nitrogens with zero attached hydrogens (tertiary/aromatic N) is 2. The van der Waals surface area contributed by atoms with E-state index in [1.807, 2.05) is 24.3 Å². The first kappa shape index (κ1) is 11.5. The minimum Gasteiger partial charge on any atom is -0.496 e. The number of ether oxygens (including phenoxy) is 1. The molecule has 88 valence electrons. The number of rotatable bonds is 4. The Hall–Kier alpha value is -1.95. The van der Waals surface area contributed by atoms with Crippen molar-refractivity contribution in [3.05, 3.63) is 41.7 Å². The average molecular weight is 249 g/mol. The highest BCUT2D eigenvalue weighted by Gasteiger charge is 2.09. The van der Waals surface area contributed by atoms with Gasteiger partial charge < -0.3 is 10.1 Å². The van der Waals surface area contributed by atoms with Crippen LogP contribution < -0.4 is 10.1 Å². The molecule has 0 aliphatic rings. The fraction of sp³-hybridized carbons (Fsp3) is 0.182. The molecular formula is C11H11N3O2S. The van der Waals surface area contributed by atoms with E-state index in [2.05, 4.69) is 14.1 Å². The van der Waals surface area contributed by atoms with Gasteiger partial charge in [-0.1, -0.05) is 18.2 Å². The molecule has 6 heteroatoms. The average Bonchev–Trinajstić information content (AvgIpc) is 2.90. The van der Waals surface area contributed by atoms with Crippen LogP contribution in [0.5, 0.6) is 5.75 Å². The van der Waals surface area contributed by atoms with E-state index in [4.69, 9.17) is 4.74 Å². The van der Waals surface area contributed by atoms with Crippen LogP contribution in [0.4, 0.5) is 0 Å². The fourth-order valence-corrected chi connectivity index (χ4v) is 1.79. The van der Waals surface area contributed by atoms with Crippen LogP contribution in [0, 0.1) is 0 Å². The maximum atomic E-state index is 11.6. The fourth-order valence-electron chi connectivity index (χ4n) is 1.38. The summed E-state index contributed by atoms with van der Waals surface area (Å²) in [5.74, 6) is 0.522. The van der Waals surface area contributed by atoms with Crippen molar-refractivity contribution < 1.29 is 9.53 Å². The van der Waals surface area contributed by atoms with Gasteiger partial charge in [-0.05, 0) is 6.07 Å². The molecule has 5 nitrogen and oxygen atoms in total. The number of aromatic nitrogens is 2. The number of benzene rings is 1. The van der Waals surface area contributed by atoms with Gasteiger partial charge in [-0.2, -0.15) is 8.75 Å². The van der Waals surface area contributed by atoms with E-state index in [9.17, 15) is 4.79 Å². The number of methoxy groups -OCH3 is 1. The minimum absolute atomic E-state index is 0.232. The molecule has 1 amide bonds. The number of hydrogen-bond donors (Lipinski definition) is 1. The Morgan fingerprint density at radius 3 is 3.00 bits per heavy atom. The van der Waals surface area contributed by atoms with Crippen molar-refractivity contribution in [2.24, 2.45) is 0 Å². The molecule has 0 radical (unpaired) electrons. The smallest absolute Gasteiger partial charge is 0.272 e. The predicted octanol–water partition coefficient (Wildman–Crippen LogP) is 1.48. The molecule has 0 aliphatic carbocycles. The van der Waals surface area contributed by atoms with Crippen LogP contribution >= 0.6 is 11.7 Å². The van der Waals surface area contributed by atoms with Crippen LogP contribution in [-0.4, -0.2) is 21.8 Å². The van der Waals surface area contributed by atoms with Gasteiger partial charge in [-0.25, -0.2) is 0 Å². The maximum absolute atomic E-state index is 11.6. The first-order valence-corrected chi connectivity index (χ1v) is 5.72. The van der Waals surface area contributed by atoms with Gasteiger partial charge >= 0.3 is 0 Å². The Morgan fingerprint density at radius 2 is 2.29 bits per heavy atom. The SMILES string of the molecule is COc1ccccc1CNC(=O)c1cnsn1. The van der Waals surface area contributed by atoms with Crippen molar-refractivity contribution in [2.75, 3.05) is 7.11 Å². The minimum atomic E-state index is -0.232. The highest BCUT2D eigenvalue weighted by molar-refractivity contribution is 6.99. The second-order valence-corrected chi connectivity index (χ2v) is 3.84. The molecule has 0 saturated carbocycles. The Bertz CT molecular complexity index is 499. The Kier molecular flexibility index (Phi) is 3.66. The van der Waals surface area contributed by atoms with Gasteiger partial charge in [-0.3, -0.25) is 4.79 Å². The second kappa shape index (κ2) is 5.40. The van der Waals surface area contributed by atoms with Gasteiger partial charge in [0.15, 0.2) is 5.69 Å². The van der Waals surface area contributed by atoms with E-state index < -0.39 is 0 Å². The van der Waals surface area contributed by atoms with Crippen molar-refractivity contribution in [2.45, 2.75) is 6.54 Å². The molecule has 0 saturated heterocycles. The molecule has 1 aromatic heterocycles. The first-order chi connectivity index (χ1) is 8.31. The zero-order valence-electron chi connectivity index (χ0n) is 9.21. The maximum Gasteiger partial charge on any atom is 0.272 e. The van der Waals surface area contributed by atoms with Crippen LogP contribution in [0.2, 0.25) is 0 Å². The lowest BCUT2D eigenvalue weighted by atomic mass is 10.2. The molecule has 17 heavy (non-hydrogen) atoms. The number of amides is 1. The summed E-state index contributed by atoms with van der Waals surface area (Å²) in [6, 6.07) is 7.53. The number of carbonyl (C=O) groups excluding carboxylic acids is 1. The van der Waals surface area contributed by atoms with Crippen molar-refractivity contribution in [3.63, 3.8) is 0 Å². The summed E-state index contributed by atoms with van der Waals surface area (Å²) >= 11 is 1.01. The predicted molar refractivity (Wildman–Crippen MR) is 64.1 cm³/mol. The molecule has 0 aliphatic heterocycles. The van der Waals surface area contributed by atoms with Gasteiger partial charge in [-0.15, -0.1) is 0 Å². The standard InChI is InChI=1S/C11H11N3O2S/c1-16-10-5-3-2-4-8(10)6-12-11(15)9-7-13-17-14-9/h2-5,7H,6H2,1H3,(H,12,15). The lowest BCUT2D eigenvalue weighted by molar-refractivity contribution is 0.0946. The molecule has 1 N–H and O–H groups in total. The first-order valence-electron chi connectivity index (χ1n) is 4.99. The van der Waals surface area contributed by atoms with Crippen LogP contribution in [0.25, 0.3) is 0 Å². The molecule has 0 fully saturated rings. The Morgan fingerprint density at radius 1 is 1.47 bits per heavy atom. The summed E-state index contributed by atoms with van der Waals surface area (Å²) < 4.78 is 12.8. The normalized spacial score (nSPS) is 9.94. The molecule has 0 spiro atoms. The molecule has 1 aromatic carbocycles. The van der Waals surface area contributed by atoms with Crippen molar-refractivity contribution in [1.82, 2.24) is 14.1 Å². The van der Waals surface area contributed by atoms with Gasteiger partial charge in [0.2, 0.25) is 0 Å². The van der Waals surface area contributed by atoms with Gasteiger partial charge in [0.05, 0.1) is 25.0 Å². The van der Waals surface area contributed by atoms with Crippen molar-refractivity contribution >= 4 is 17.6 Å². The third kappa shape index (κ3) is 2.79. The second-order valence-electron chi connectivity index (χ2n) is 3.29. The molecule has 0 unspecified atom stereocenters. The van der Waals surface area contributed by atoms with Crippen LogP contribution in [0.3, 0.4) is 0 Å². The molecule has 2 aromatic rings. The summed E-state index contributed by atoms with van der Waals surface area (Å²) in [5, 5.41) is 2.76. The molecule has 0 atom stereocenters. The van der Waals surface area contributed by atoms with Crippen molar-refractivity contribution in [3.8, 4) is 5.75 Å². The quantitative estimate of drug-likeness (QED) is 0.891. The third-order valence-electron chi connectivity index (χ3n) is 2.23. The van der Waals surface area contributed by atoms with E-state index in [1.54, 1.807) is 7.11 Å². The van der Waals surface area contributed by atoms with Gasteiger partial charge in [0.25, 0.3) is 5.91 Å². The molecular weight excluding hydrogens is 238 g/mol. The van der Waals surface area contributed by atoms with Crippen LogP contribution in [-0.2, 0) is 6.54 Å². The number of para-hydroxylation sites is 1. The lowest BCUT2D eigenvalue weighted by Gasteiger charge is -2.08. The number of nitrogens with one attached hydrogen (secondary N) is 1. The summed E-state index contributed by atoms with van der Waals surface area (Å²) in [4.78, 5) is 11.6. The molecule has 0 bridgehead atoms. The summed E-state index contributed by atoms with van der Waals surface area (Å²) in [6.07, 6.45) is 1.45. The van der Waals surface area contributed by atoms with Crippen LogP contribution in [0.1, 0.15) is 16.1 Å². The zero-order valence-corrected chi connectivity index (χ0v) is 10.0.